The third kappa shape index (κ3) is 2.97. The van der Waals surface area contributed by atoms with Crippen molar-refractivity contribution >= 4 is 23.2 Å². The Morgan fingerprint density at radius 3 is 2.73 bits per heavy atom. The quantitative estimate of drug-likeness (QED) is 0.686. The minimum Gasteiger partial charge on any atom is -0.305 e. The van der Waals surface area contributed by atoms with Crippen LogP contribution < -0.4 is 4.90 Å². The average molecular weight is 371 g/mol. The van der Waals surface area contributed by atoms with Crippen LogP contribution in [0.15, 0.2) is 42.5 Å². The Balaban J connectivity index is 1.68. The largest absolute Gasteiger partial charge is 0.305 e. The molecule has 0 fully saturated rings. The van der Waals surface area contributed by atoms with Gasteiger partial charge in [-0.05, 0) is 67.8 Å². The van der Waals surface area contributed by atoms with Crippen LogP contribution in [-0.4, -0.2) is 27.2 Å². The molecule has 0 radical (unpaired) electrons. The zero-order chi connectivity index (χ0) is 18.3. The molecule has 0 spiro atoms. The number of amides is 1. The third-order valence-electron chi connectivity index (χ3n) is 4.44. The van der Waals surface area contributed by atoms with Gasteiger partial charge in [-0.2, -0.15) is 0 Å². The molecule has 26 heavy (non-hydrogen) atoms. The number of rotatable bonds is 2. The molecular weight excluding hydrogens is 355 g/mol. The van der Waals surface area contributed by atoms with Gasteiger partial charge in [-0.25, -0.2) is 14.1 Å². The Morgan fingerprint density at radius 2 is 1.96 bits per heavy atom. The molecule has 3 aromatic rings. The summed E-state index contributed by atoms with van der Waals surface area (Å²) in [4.78, 5) is 18.9. The van der Waals surface area contributed by atoms with E-state index in [4.69, 9.17) is 11.6 Å². The van der Waals surface area contributed by atoms with Crippen LogP contribution in [-0.2, 0) is 6.42 Å². The topological polar surface area (TPSA) is 51.0 Å². The van der Waals surface area contributed by atoms with Gasteiger partial charge in [0.05, 0.1) is 5.69 Å². The van der Waals surface area contributed by atoms with E-state index in [9.17, 15) is 9.18 Å². The number of halogens is 2. The first-order valence-electron chi connectivity index (χ1n) is 8.33. The lowest BCUT2D eigenvalue weighted by molar-refractivity contribution is 0.0975. The fourth-order valence-electron chi connectivity index (χ4n) is 3.20. The first kappa shape index (κ1) is 16.7. The molecule has 4 rings (SSSR count). The summed E-state index contributed by atoms with van der Waals surface area (Å²) in [6.45, 7) is 2.35. The van der Waals surface area contributed by atoms with Crippen LogP contribution in [0.5, 0.6) is 0 Å². The highest BCUT2D eigenvalue weighted by atomic mass is 35.5. The van der Waals surface area contributed by atoms with E-state index in [1.54, 1.807) is 34.7 Å². The van der Waals surface area contributed by atoms with Crippen molar-refractivity contribution in [1.82, 2.24) is 14.8 Å². The molecule has 7 heteroatoms. The van der Waals surface area contributed by atoms with Crippen molar-refractivity contribution in [3.05, 3.63) is 70.5 Å². The number of hydrogen-bond acceptors (Lipinski definition) is 3. The number of aryl methyl sites for hydroxylation is 2. The van der Waals surface area contributed by atoms with Crippen LogP contribution in [0, 0.1) is 12.7 Å². The highest BCUT2D eigenvalue weighted by Gasteiger charge is 2.27. The van der Waals surface area contributed by atoms with E-state index in [0.29, 0.717) is 17.4 Å². The molecule has 2 aromatic carbocycles. The second kappa shape index (κ2) is 6.53. The van der Waals surface area contributed by atoms with Crippen molar-refractivity contribution in [2.75, 3.05) is 11.4 Å². The number of anilines is 1. The monoisotopic (exact) mass is 370 g/mol. The van der Waals surface area contributed by atoms with E-state index in [1.165, 1.54) is 12.1 Å². The van der Waals surface area contributed by atoms with Crippen molar-refractivity contribution in [2.24, 2.45) is 0 Å². The van der Waals surface area contributed by atoms with Crippen LogP contribution >= 0.6 is 11.6 Å². The Labute approximate surface area is 155 Å². The maximum atomic E-state index is 13.5. The van der Waals surface area contributed by atoms with Gasteiger partial charge >= 0.3 is 0 Å². The molecule has 132 valence electrons. The van der Waals surface area contributed by atoms with E-state index < -0.39 is 0 Å². The maximum Gasteiger partial charge on any atom is 0.297 e. The summed E-state index contributed by atoms with van der Waals surface area (Å²) in [5, 5.41) is 5.00. The molecule has 0 N–H and O–H groups in total. The van der Waals surface area contributed by atoms with Crippen LogP contribution in [0.1, 0.15) is 28.4 Å². The summed E-state index contributed by atoms with van der Waals surface area (Å²) in [7, 11) is 0. The summed E-state index contributed by atoms with van der Waals surface area (Å²) in [5.41, 5.74) is 2.33. The van der Waals surface area contributed by atoms with Crippen LogP contribution in [0.3, 0.4) is 0 Å². The fourth-order valence-corrected chi connectivity index (χ4v) is 3.33. The van der Waals surface area contributed by atoms with E-state index in [1.807, 2.05) is 12.1 Å². The fraction of sp³-hybridized carbons (Fsp3) is 0.211. The van der Waals surface area contributed by atoms with Crippen molar-refractivity contribution in [3.8, 4) is 5.69 Å². The van der Waals surface area contributed by atoms with Gasteiger partial charge in [0.1, 0.15) is 11.6 Å². The molecule has 1 aliphatic heterocycles. The van der Waals surface area contributed by atoms with Gasteiger partial charge in [0.15, 0.2) is 0 Å². The van der Waals surface area contributed by atoms with Gasteiger partial charge in [-0.1, -0.05) is 11.6 Å². The second-order valence-corrected chi connectivity index (χ2v) is 6.64. The molecule has 0 saturated carbocycles. The van der Waals surface area contributed by atoms with Crippen LogP contribution in [0.4, 0.5) is 10.1 Å². The number of carbonyl (C=O) groups is 1. The van der Waals surface area contributed by atoms with Crippen molar-refractivity contribution in [3.63, 3.8) is 0 Å². The normalized spacial score (nSPS) is 13.6. The molecule has 0 atom stereocenters. The summed E-state index contributed by atoms with van der Waals surface area (Å²) >= 11 is 5.92. The Bertz CT molecular complexity index is 984. The lowest BCUT2D eigenvalue weighted by atomic mass is 10.0. The lowest BCUT2D eigenvalue weighted by Crippen LogP contribution is -2.36. The van der Waals surface area contributed by atoms with Crippen molar-refractivity contribution in [1.29, 1.82) is 0 Å². The molecule has 0 saturated heterocycles. The number of hydrogen-bond donors (Lipinski definition) is 0. The highest BCUT2D eigenvalue weighted by molar-refractivity contribution is 6.30. The molecule has 0 aliphatic carbocycles. The van der Waals surface area contributed by atoms with Gasteiger partial charge in [0.25, 0.3) is 5.91 Å². The number of fused-ring (bicyclic) bond motifs is 1. The van der Waals surface area contributed by atoms with E-state index in [-0.39, 0.29) is 17.5 Å². The predicted octanol–water partition coefficient (Wildman–Crippen LogP) is 3.96. The first-order chi connectivity index (χ1) is 12.5. The molecule has 2 heterocycles. The molecule has 0 unspecified atom stereocenters. The first-order valence-corrected chi connectivity index (χ1v) is 8.70. The molecule has 1 amide bonds. The van der Waals surface area contributed by atoms with Crippen molar-refractivity contribution in [2.45, 2.75) is 19.8 Å². The Kier molecular flexibility index (Phi) is 4.20. The predicted molar refractivity (Wildman–Crippen MR) is 97.5 cm³/mol. The number of aromatic nitrogens is 3. The van der Waals surface area contributed by atoms with Gasteiger partial charge in [0.2, 0.25) is 5.82 Å². The Hall–Kier alpha value is -2.73. The average Bonchev–Trinajstić information content (AvgIpc) is 3.03. The zero-order valence-corrected chi connectivity index (χ0v) is 14.9. The smallest absolute Gasteiger partial charge is 0.297 e. The second-order valence-electron chi connectivity index (χ2n) is 6.20. The molecule has 1 aromatic heterocycles. The third-order valence-corrected chi connectivity index (χ3v) is 4.69. The van der Waals surface area contributed by atoms with Gasteiger partial charge in [0, 0.05) is 17.3 Å². The van der Waals surface area contributed by atoms with Gasteiger partial charge in [-0.15, -0.1) is 5.10 Å². The van der Waals surface area contributed by atoms with Gasteiger partial charge in [-0.3, -0.25) is 4.79 Å². The standard InChI is InChI=1S/C19H16ClFN4O/c1-12-22-18(23-25(12)16-7-4-14(20)5-8-16)19(26)24-10-2-3-13-11-15(21)6-9-17(13)24/h4-9,11H,2-3,10H2,1H3. The zero-order valence-electron chi connectivity index (χ0n) is 14.1. The summed E-state index contributed by atoms with van der Waals surface area (Å²) < 4.78 is 15.1. The van der Waals surface area contributed by atoms with Crippen molar-refractivity contribution < 1.29 is 9.18 Å². The lowest BCUT2D eigenvalue weighted by Gasteiger charge is -2.28. The van der Waals surface area contributed by atoms with E-state index >= 15 is 0 Å². The minimum atomic E-state index is -0.293. The van der Waals surface area contributed by atoms with Crippen LogP contribution in [0.25, 0.3) is 5.69 Å². The molecule has 0 bridgehead atoms. The summed E-state index contributed by atoms with van der Waals surface area (Å²) in [5.74, 6) is 0.147. The SMILES string of the molecule is Cc1nc(C(=O)N2CCCc3cc(F)ccc32)nn1-c1ccc(Cl)cc1. The summed E-state index contributed by atoms with van der Waals surface area (Å²) in [6, 6.07) is 11.7. The molecule has 5 nitrogen and oxygen atoms in total. The summed E-state index contributed by atoms with van der Waals surface area (Å²) in [6.07, 6.45) is 1.53. The Morgan fingerprint density at radius 1 is 1.19 bits per heavy atom. The minimum absolute atomic E-state index is 0.120. The van der Waals surface area contributed by atoms with Gasteiger partial charge < -0.3 is 4.90 Å². The van der Waals surface area contributed by atoms with E-state index in [2.05, 4.69) is 10.1 Å². The highest BCUT2D eigenvalue weighted by Crippen LogP contribution is 2.28. The van der Waals surface area contributed by atoms with E-state index in [0.717, 1.165) is 29.8 Å². The number of carbonyl (C=O) groups excluding carboxylic acids is 1. The molecule has 1 aliphatic rings. The molecular formula is C19H16ClFN4O. The van der Waals surface area contributed by atoms with Crippen LogP contribution in [0.2, 0.25) is 5.02 Å². The number of benzene rings is 2. The number of nitrogens with zero attached hydrogens (tertiary/aromatic N) is 4. The maximum absolute atomic E-state index is 13.5.